The van der Waals surface area contributed by atoms with E-state index in [0.717, 1.165) is 10.6 Å². The maximum Gasteiger partial charge on any atom is 0.292 e. The van der Waals surface area contributed by atoms with Gasteiger partial charge in [-0.05, 0) is 35.7 Å². The number of hydrogen-bond donors (Lipinski definition) is 2. The molecule has 28 heavy (non-hydrogen) atoms. The van der Waals surface area contributed by atoms with Gasteiger partial charge in [0.15, 0.2) is 21.4 Å². The van der Waals surface area contributed by atoms with E-state index in [2.05, 4.69) is 15.5 Å². The Hall–Kier alpha value is -3.17. The normalized spacial score (nSPS) is 11.4. The number of nitrogens with one attached hydrogen (secondary N) is 2. The van der Waals surface area contributed by atoms with Crippen LogP contribution in [0.4, 0.5) is 5.82 Å². The molecule has 0 aliphatic heterocycles. The fourth-order valence-electron chi connectivity index (χ4n) is 2.60. The van der Waals surface area contributed by atoms with Crippen LogP contribution < -0.4 is 5.32 Å². The first kappa shape index (κ1) is 18.2. The van der Waals surface area contributed by atoms with Crippen LogP contribution in [0.25, 0.3) is 10.6 Å². The molecule has 2 N–H and O–H groups in total. The molecule has 0 bridgehead atoms. The van der Waals surface area contributed by atoms with Crippen molar-refractivity contribution in [3.8, 4) is 10.6 Å². The van der Waals surface area contributed by atoms with Gasteiger partial charge in [0.05, 0.1) is 15.5 Å². The minimum atomic E-state index is -3.55. The smallest absolute Gasteiger partial charge is 0.292 e. The number of H-pyrrole nitrogens is 1. The summed E-state index contributed by atoms with van der Waals surface area (Å²) in [6.07, 6.45) is 0. The molecule has 0 saturated heterocycles. The van der Waals surface area contributed by atoms with Crippen molar-refractivity contribution in [2.45, 2.75) is 10.6 Å². The van der Waals surface area contributed by atoms with Crippen molar-refractivity contribution in [1.82, 2.24) is 10.2 Å². The summed E-state index contributed by atoms with van der Waals surface area (Å²) in [5.74, 6) is -0.278. The standard InChI is InChI=1S/C19H15N3O4S2/c23-19(20-18-11-15(21-22-18)17-7-4-10-27-17)16-9-8-13(26-16)12-28(24,25)14-5-2-1-3-6-14/h1-11H,12H2,(H2,20,21,22,23). The Bertz CT molecular complexity index is 1190. The van der Waals surface area contributed by atoms with Crippen molar-refractivity contribution in [3.63, 3.8) is 0 Å². The summed E-state index contributed by atoms with van der Waals surface area (Å²) in [6, 6.07) is 16.6. The number of sulfone groups is 1. The summed E-state index contributed by atoms with van der Waals surface area (Å²) in [5, 5.41) is 11.5. The van der Waals surface area contributed by atoms with E-state index < -0.39 is 15.7 Å². The molecule has 9 heteroatoms. The number of anilines is 1. The monoisotopic (exact) mass is 413 g/mol. The predicted molar refractivity (Wildman–Crippen MR) is 106 cm³/mol. The molecule has 7 nitrogen and oxygen atoms in total. The van der Waals surface area contributed by atoms with Crippen molar-refractivity contribution >= 4 is 32.9 Å². The second-order valence-corrected chi connectivity index (χ2v) is 8.87. The van der Waals surface area contributed by atoms with Gasteiger partial charge in [-0.1, -0.05) is 24.3 Å². The third-order valence-corrected chi connectivity index (χ3v) is 6.48. The number of furan rings is 1. The molecule has 4 aromatic rings. The van der Waals surface area contributed by atoms with Crippen molar-refractivity contribution in [2.75, 3.05) is 5.32 Å². The summed E-state index contributed by atoms with van der Waals surface area (Å²) in [7, 11) is -3.55. The number of aromatic amines is 1. The van der Waals surface area contributed by atoms with Crippen LogP contribution in [0.3, 0.4) is 0 Å². The highest BCUT2D eigenvalue weighted by Crippen LogP contribution is 2.25. The number of nitrogens with zero attached hydrogens (tertiary/aromatic N) is 1. The Kier molecular flexibility index (Phi) is 4.84. The lowest BCUT2D eigenvalue weighted by atomic mass is 10.3. The lowest BCUT2D eigenvalue weighted by molar-refractivity contribution is 0.0995. The third kappa shape index (κ3) is 3.90. The average Bonchev–Trinajstić information content (AvgIpc) is 3.43. The summed E-state index contributed by atoms with van der Waals surface area (Å²) in [5.41, 5.74) is 0.791. The van der Waals surface area contributed by atoms with Gasteiger partial charge in [0, 0.05) is 6.07 Å². The molecular formula is C19H15N3O4S2. The zero-order chi connectivity index (χ0) is 19.6. The number of thiophene rings is 1. The molecule has 3 aromatic heterocycles. The van der Waals surface area contributed by atoms with Crippen LogP contribution in [0.5, 0.6) is 0 Å². The number of aromatic nitrogens is 2. The van der Waals surface area contributed by atoms with E-state index in [-0.39, 0.29) is 22.2 Å². The van der Waals surface area contributed by atoms with E-state index in [1.54, 1.807) is 35.6 Å². The number of rotatable bonds is 6. The second kappa shape index (κ2) is 7.45. The van der Waals surface area contributed by atoms with Gasteiger partial charge in [-0.3, -0.25) is 9.89 Å². The van der Waals surface area contributed by atoms with Crippen LogP contribution in [0.15, 0.2) is 75.4 Å². The molecule has 142 valence electrons. The maximum atomic E-state index is 12.4. The zero-order valence-electron chi connectivity index (χ0n) is 14.5. The molecule has 3 heterocycles. The van der Waals surface area contributed by atoms with Gasteiger partial charge >= 0.3 is 0 Å². The first-order valence-electron chi connectivity index (χ1n) is 8.28. The molecule has 0 aliphatic rings. The van der Waals surface area contributed by atoms with Gasteiger partial charge in [0.2, 0.25) is 0 Å². The number of benzene rings is 1. The molecule has 1 amide bonds. The van der Waals surface area contributed by atoms with E-state index in [9.17, 15) is 13.2 Å². The fourth-order valence-corrected chi connectivity index (χ4v) is 4.56. The molecule has 0 unspecified atom stereocenters. The van der Waals surface area contributed by atoms with Crippen molar-refractivity contribution in [2.24, 2.45) is 0 Å². The Labute approximate surface area is 165 Å². The van der Waals surface area contributed by atoms with Crippen LogP contribution in [-0.4, -0.2) is 24.5 Å². The minimum absolute atomic E-state index is 0.0129. The van der Waals surface area contributed by atoms with Crippen LogP contribution in [0.2, 0.25) is 0 Å². The molecule has 0 fully saturated rings. The van der Waals surface area contributed by atoms with Gasteiger partial charge in [0.25, 0.3) is 5.91 Å². The van der Waals surface area contributed by atoms with Crippen LogP contribution in [-0.2, 0) is 15.6 Å². The van der Waals surface area contributed by atoms with E-state index >= 15 is 0 Å². The quantitative estimate of drug-likeness (QED) is 0.498. The lowest BCUT2D eigenvalue weighted by Gasteiger charge is -2.02. The highest BCUT2D eigenvalue weighted by molar-refractivity contribution is 7.90. The third-order valence-electron chi connectivity index (χ3n) is 3.93. The number of hydrogen-bond acceptors (Lipinski definition) is 6. The molecule has 0 aliphatic carbocycles. The fraction of sp³-hybridized carbons (Fsp3) is 0.0526. The Morgan fingerprint density at radius 3 is 2.68 bits per heavy atom. The Balaban J connectivity index is 1.45. The van der Waals surface area contributed by atoms with Crippen LogP contribution >= 0.6 is 11.3 Å². The molecule has 0 saturated carbocycles. The largest absolute Gasteiger partial charge is 0.455 e. The predicted octanol–water partition coefficient (Wildman–Crippen LogP) is 3.96. The van der Waals surface area contributed by atoms with Gasteiger partial charge in [0.1, 0.15) is 11.5 Å². The summed E-state index contributed by atoms with van der Waals surface area (Å²) in [4.78, 5) is 13.6. The SMILES string of the molecule is O=C(Nc1cc(-c2cccs2)[nH]n1)c1ccc(CS(=O)(=O)c2ccccc2)o1. The van der Waals surface area contributed by atoms with Crippen molar-refractivity contribution in [3.05, 3.63) is 77.6 Å². The first-order valence-corrected chi connectivity index (χ1v) is 10.8. The number of carbonyl (C=O) groups is 1. The summed E-state index contributed by atoms with van der Waals surface area (Å²) < 4.78 is 30.3. The molecular weight excluding hydrogens is 398 g/mol. The minimum Gasteiger partial charge on any atom is -0.455 e. The topological polar surface area (TPSA) is 105 Å². The zero-order valence-corrected chi connectivity index (χ0v) is 16.1. The first-order chi connectivity index (χ1) is 13.5. The van der Waals surface area contributed by atoms with Gasteiger partial charge in [-0.15, -0.1) is 11.3 Å². The van der Waals surface area contributed by atoms with Crippen LogP contribution in [0.1, 0.15) is 16.3 Å². The lowest BCUT2D eigenvalue weighted by Crippen LogP contribution is -2.11. The highest BCUT2D eigenvalue weighted by Gasteiger charge is 2.19. The molecule has 0 radical (unpaired) electrons. The average molecular weight is 413 g/mol. The number of amides is 1. The second-order valence-electron chi connectivity index (χ2n) is 5.94. The summed E-state index contributed by atoms with van der Waals surface area (Å²) >= 11 is 1.55. The molecule has 4 rings (SSSR count). The van der Waals surface area contributed by atoms with Crippen molar-refractivity contribution < 1.29 is 17.6 Å². The summed E-state index contributed by atoms with van der Waals surface area (Å²) in [6.45, 7) is 0. The molecule has 1 aromatic carbocycles. The van der Waals surface area contributed by atoms with Gasteiger partial charge < -0.3 is 9.73 Å². The maximum absolute atomic E-state index is 12.4. The van der Waals surface area contributed by atoms with E-state index in [1.807, 2.05) is 17.5 Å². The molecule has 0 atom stereocenters. The Morgan fingerprint density at radius 2 is 1.93 bits per heavy atom. The van der Waals surface area contributed by atoms with Crippen molar-refractivity contribution in [1.29, 1.82) is 0 Å². The van der Waals surface area contributed by atoms with Gasteiger partial charge in [-0.2, -0.15) is 5.10 Å². The Morgan fingerprint density at radius 1 is 1.11 bits per heavy atom. The van der Waals surface area contributed by atoms with E-state index in [4.69, 9.17) is 4.42 Å². The van der Waals surface area contributed by atoms with E-state index in [1.165, 1.54) is 24.3 Å². The molecule has 0 spiro atoms. The number of carbonyl (C=O) groups excluding carboxylic acids is 1. The van der Waals surface area contributed by atoms with Crippen LogP contribution in [0, 0.1) is 0 Å². The highest BCUT2D eigenvalue weighted by atomic mass is 32.2. The van der Waals surface area contributed by atoms with E-state index in [0.29, 0.717) is 5.82 Å². The van der Waals surface area contributed by atoms with Gasteiger partial charge in [-0.25, -0.2) is 8.42 Å².